The van der Waals surface area contributed by atoms with Crippen LogP contribution in [0, 0.1) is 0 Å². The fourth-order valence-electron chi connectivity index (χ4n) is 2.41. The monoisotopic (exact) mass is 269 g/mol. The van der Waals surface area contributed by atoms with Gasteiger partial charge in [0.2, 0.25) is 0 Å². The number of nitrogens with zero attached hydrogens (tertiary/aromatic N) is 3. The van der Waals surface area contributed by atoms with Crippen molar-refractivity contribution in [3.8, 4) is 0 Å². The highest BCUT2D eigenvalue weighted by Crippen LogP contribution is 2.19. The highest BCUT2D eigenvalue weighted by atomic mass is 15.4. The largest absolute Gasteiger partial charge is 0.209 e. The molecule has 0 aliphatic heterocycles. The van der Waals surface area contributed by atoms with Crippen LogP contribution in [0.1, 0.15) is 51.9 Å². The Morgan fingerprint density at radius 2 is 1.90 bits per heavy atom. The minimum atomic E-state index is 0.920. The van der Waals surface area contributed by atoms with Crippen LogP contribution in [0.5, 0.6) is 0 Å². The van der Waals surface area contributed by atoms with Crippen LogP contribution >= 0.6 is 0 Å². The second-order valence-corrected chi connectivity index (χ2v) is 5.13. The fourth-order valence-corrected chi connectivity index (χ4v) is 2.41. The van der Waals surface area contributed by atoms with Crippen LogP contribution in [0.3, 0.4) is 0 Å². The first-order chi connectivity index (χ1) is 9.86. The smallest absolute Gasteiger partial charge is 0.113 e. The summed E-state index contributed by atoms with van der Waals surface area (Å²) in [6.07, 6.45) is 8.68. The third-order valence-electron chi connectivity index (χ3n) is 3.58. The first kappa shape index (κ1) is 14.5. The molecule has 2 aromatic rings. The molecule has 1 heterocycles. The van der Waals surface area contributed by atoms with Gasteiger partial charge in [-0.15, -0.1) is 10.8 Å². The first-order valence-corrected chi connectivity index (χ1v) is 7.56. The van der Waals surface area contributed by atoms with E-state index in [4.69, 9.17) is 0 Å². The lowest BCUT2D eigenvalue weighted by Crippen LogP contribution is -1.99. The first-order valence-electron chi connectivity index (χ1n) is 7.56. The third kappa shape index (κ3) is 3.58. The van der Waals surface area contributed by atoms with Gasteiger partial charge in [-0.05, 0) is 25.0 Å². The maximum absolute atomic E-state index is 4.22. The van der Waals surface area contributed by atoms with Gasteiger partial charge in [-0.1, -0.05) is 63.0 Å². The number of unbranched alkanes of at least 4 members (excludes halogenated alkanes) is 5. The van der Waals surface area contributed by atoms with Crippen molar-refractivity contribution in [1.29, 1.82) is 0 Å². The molecule has 0 fully saturated rings. The molecule has 0 spiro atoms. The van der Waals surface area contributed by atoms with Gasteiger partial charge in [-0.3, -0.25) is 0 Å². The Morgan fingerprint density at radius 3 is 2.70 bits per heavy atom. The molecule has 0 N–H and O–H groups in total. The molecule has 1 aromatic heterocycles. The van der Waals surface area contributed by atoms with E-state index < -0.39 is 0 Å². The molecule has 0 amide bonds. The molecule has 106 valence electrons. The number of para-hydroxylation sites is 1. The second-order valence-electron chi connectivity index (χ2n) is 5.13. The molecule has 1 aromatic carbocycles. The van der Waals surface area contributed by atoms with E-state index in [-0.39, 0.29) is 0 Å². The van der Waals surface area contributed by atoms with Gasteiger partial charge in [0, 0.05) is 0 Å². The Kier molecular flexibility index (Phi) is 5.57. The van der Waals surface area contributed by atoms with E-state index in [0.717, 1.165) is 29.6 Å². The lowest BCUT2D eigenvalue weighted by molar-refractivity contribution is 0.608. The van der Waals surface area contributed by atoms with Crippen molar-refractivity contribution < 1.29 is 0 Å². The van der Waals surface area contributed by atoms with Crippen LogP contribution in [0.4, 0.5) is 0 Å². The van der Waals surface area contributed by atoms with Gasteiger partial charge in [0.1, 0.15) is 5.52 Å². The fraction of sp³-hybridized carbons (Fsp3) is 0.471. The Morgan fingerprint density at radius 1 is 1.15 bits per heavy atom. The number of rotatable bonds is 8. The Bertz CT molecular complexity index is 591. The maximum Gasteiger partial charge on any atom is 0.113 e. The molecule has 2 rings (SSSR count). The van der Waals surface area contributed by atoms with Gasteiger partial charge in [0.15, 0.2) is 0 Å². The number of allylic oxidation sites excluding steroid dienone is 1. The van der Waals surface area contributed by atoms with Gasteiger partial charge in [-0.25, -0.2) is 4.68 Å². The van der Waals surface area contributed by atoms with Crippen LogP contribution < -0.4 is 0 Å². The summed E-state index contributed by atoms with van der Waals surface area (Å²) in [5.74, 6) is 0. The van der Waals surface area contributed by atoms with Gasteiger partial charge >= 0.3 is 0 Å². The van der Waals surface area contributed by atoms with Crippen LogP contribution in [0.25, 0.3) is 16.7 Å². The van der Waals surface area contributed by atoms with E-state index in [1.807, 2.05) is 28.9 Å². The molecule has 0 unspecified atom stereocenters. The SMILES string of the molecule is C=C=C(CCCCCCCC)n1nnc2ccccc21. The molecule has 0 saturated heterocycles. The second kappa shape index (κ2) is 7.66. The minimum Gasteiger partial charge on any atom is -0.209 e. The zero-order valence-corrected chi connectivity index (χ0v) is 12.3. The number of hydrogen-bond donors (Lipinski definition) is 0. The summed E-state index contributed by atoms with van der Waals surface area (Å²) < 4.78 is 1.87. The van der Waals surface area contributed by atoms with Crippen LogP contribution in [0.15, 0.2) is 36.6 Å². The number of hydrogen-bond acceptors (Lipinski definition) is 2. The third-order valence-corrected chi connectivity index (χ3v) is 3.58. The van der Waals surface area contributed by atoms with Crippen LogP contribution in [-0.2, 0) is 0 Å². The van der Waals surface area contributed by atoms with Gasteiger partial charge in [0.05, 0.1) is 11.2 Å². The zero-order valence-electron chi connectivity index (χ0n) is 12.3. The molecule has 0 saturated carbocycles. The zero-order chi connectivity index (χ0) is 14.2. The quantitative estimate of drug-likeness (QED) is 0.508. The topological polar surface area (TPSA) is 30.7 Å². The molecule has 20 heavy (non-hydrogen) atoms. The van der Waals surface area contributed by atoms with Crippen molar-refractivity contribution in [2.75, 3.05) is 0 Å². The molecule has 0 bridgehead atoms. The summed E-state index contributed by atoms with van der Waals surface area (Å²) in [7, 11) is 0. The van der Waals surface area contributed by atoms with E-state index in [0.29, 0.717) is 0 Å². The molecule has 0 atom stereocenters. The average molecular weight is 269 g/mol. The highest BCUT2D eigenvalue weighted by Gasteiger charge is 2.07. The summed E-state index contributed by atoms with van der Waals surface area (Å²) in [6.45, 7) is 6.05. The summed E-state index contributed by atoms with van der Waals surface area (Å²) in [4.78, 5) is 0. The Labute approximate surface area is 121 Å². The normalized spacial score (nSPS) is 10.7. The van der Waals surface area contributed by atoms with E-state index in [2.05, 4.69) is 29.5 Å². The van der Waals surface area contributed by atoms with E-state index >= 15 is 0 Å². The molecule has 0 aliphatic rings. The van der Waals surface area contributed by atoms with Crippen molar-refractivity contribution in [1.82, 2.24) is 15.0 Å². The predicted octanol–water partition coefficient (Wildman–Crippen LogP) is 4.81. The number of aromatic nitrogens is 3. The predicted molar refractivity (Wildman–Crippen MR) is 84.4 cm³/mol. The number of benzene rings is 1. The minimum absolute atomic E-state index is 0.920. The Hall–Kier alpha value is -1.86. The van der Waals surface area contributed by atoms with Crippen molar-refractivity contribution in [3.05, 3.63) is 36.6 Å². The molecular formula is C17H23N3. The van der Waals surface area contributed by atoms with Crippen molar-refractivity contribution >= 4 is 16.7 Å². The molecular weight excluding hydrogens is 246 g/mol. The van der Waals surface area contributed by atoms with Crippen molar-refractivity contribution in [2.45, 2.75) is 51.9 Å². The van der Waals surface area contributed by atoms with Gasteiger partial charge in [0.25, 0.3) is 0 Å². The lowest BCUT2D eigenvalue weighted by Gasteiger charge is -2.05. The summed E-state index contributed by atoms with van der Waals surface area (Å²) in [6, 6.07) is 8.00. The molecule has 0 aliphatic carbocycles. The summed E-state index contributed by atoms with van der Waals surface area (Å²) in [5.41, 5.74) is 6.00. The lowest BCUT2D eigenvalue weighted by atomic mass is 10.1. The van der Waals surface area contributed by atoms with Crippen LogP contribution in [-0.4, -0.2) is 15.0 Å². The molecule has 0 radical (unpaired) electrons. The summed E-state index contributed by atoms with van der Waals surface area (Å²) in [5, 5.41) is 8.40. The molecule has 3 nitrogen and oxygen atoms in total. The maximum atomic E-state index is 4.22. The number of fused-ring (bicyclic) bond motifs is 1. The van der Waals surface area contributed by atoms with E-state index in [1.54, 1.807) is 0 Å². The van der Waals surface area contributed by atoms with Crippen molar-refractivity contribution in [3.63, 3.8) is 0 Å². The van der Waals surface area contributed by atoms with Crippen molar-refractivity contribution in [2.24, 2.45) is 0 Å². The van der Waals surface area contributed by atoms with Gasteiger partial charge in [-0.2, -0.15) is 0 Å². The van der Waals surface area contributed by atoms with Crippen LogP contribution in [0.2, 0.25) is 0 Å². The highest BCUT2D eigenvalue weighted by molar-refractivity contribution is 5.77. The average Bonchev–Trinajstić information content (AvgIpc) is 2.91. The van der Waals surface area contributed by atoms with Gasteiger partial charge < -0.3 is 0 Å². The molecule has 3 heteroatoms. The standard InChI is InChI=1S/C17H23N3/c1-3-5-6-7-8-9-12-15(4-2)20-17-14-11-10-13-16(17)18-19-20/h10-11,13-14H,2-3,5-9,12H2,1H3. The summed E-state index contributed by atoms with van der Waals surface area (Å²) >= 11 is 0. The van der Waals surface area contributed by atoms with E-state index in [1.165, 1.54) is 32.1 Å². The van der Waals surface area contributed by atoms with E-state index in [9.17, 15) is 0 Å². The Balaban J connectivity index is 1.94.